The number of aliphatic hydroxyl groups excluding tert-OH is 2. The lowest BCUT2D eigenvalue weighted by molar-refractivity contribution is -0.119. The van der Waals surface area contributed by atoms with Crippen molar-refractivity contribution in [3.05, 3.63) is 60.2 Å². The number of aliphatic hydroxyl groups is 2. The Hall–Kier alpha value is -2.26. The highest BCUT2D eigenvalue weighted by molar-refractivity contribution is 5.23. The van der Waals surface area contributed by atoms with Crippen molar-refractivity contribution < 1.29 is 37.9 Å². The first-order valence-corrected chi connectivity index (χ1v) is 8.39. The van der Waals surface area contributed by atoms with E-state index < -0.39 is 24.4 Å². The Labute approximate surface area is 154 Å². The summed E-state index contributed by atoms with van der Waals surface area (Å²) < 4.78 is 47.5. The van der Waals surface area contributed by atoms with E-state index >= 15 is 0 Å². The van der Waals surface area contributed by atoms with Gasteiger partial charge in [0.25, 0.3) is 0 Å². The zero-order chi connectivity index (χ0) is 19.2. The van der Waals surface area contributed by atoms with E-state index in [1.807, 2.05) is 0 Å². The smallest absolute Gasteiger partial charge is 0.148 e. The molecule has 0 radical (unpaired) electrons. The van der Waals surface area contributed by atoms with Crippen LogP contribution in [-0.4, -0.2) is 54.6 Å². The molecule has 1 fully saturated rings. The lowest BCUT2D eigenvalue weighted by Gasteiger charge is -2.26. The SMILES string of the molecule is O[C@H]1[C@H](O)[C@@H](COc2ccc(F)cc2)OCO[C@@H]1COc1ccc(F)cc1. The predicted octanol–water partition coefficient (Wildman–Crippen LogP) is 1.89. The van der Waals surface area contributed by atoms with Crippen LogP contribution in [0.1, 0.15) is 0 Å². The minimum absolute atomic E-state index is 0.0568. The van der Waals surface area contributed by atoms with Crippen LogP contribution in [0.25, 0.3) is 0 Å². The minimum atomic E-state index is -1.28. The number of ether oxygens (including phenoxy) is 4. The zero-order valence-corrected chi connectivity index (χ0v) is 14.3. The number of hydrogen-bond acceptors (Lipinski definition) is 6. The van der Waals surface area contributed by atoms with Gasteiger partial charge in [-0.25, -0.2) is 8.78 Å². The van der Waals surface area contributed by atoms with E-state index in [0.29, 0.717) is 11.5 Å². The van der Waals surface area contributed by atoms with Gasteiger partial charge in [-0.2, -0.15) is 0 Å². The number of hydrogen-bond donors (Lipinski definition) is 2. The molecule has 3 rings (SSSR count). The Morgan fingerprint density at radius 1 is 0.741 bits per heavy atom. The van der Waals surface area contributed by atoms with Crippen molar-refractivity contribution in [2.24, 2.45) is 0 Å². The molecule has 27 heavy (non-hydrogen) atoms. The largest absolute Gasteiger partial charge is 0.491 e. The summed E-state index contributed by atoms with van der Waals surface area (Å²) in [5.41, 5.74) is 0. The molecule has 8 heteroatoms. The van der Waals surface area contributed by atoms with Gasteiger partial charge in [0.15, 0.2) is 0 Å². The van der Waals surface area contributed by atoms with Gasteiger partial charge in [0.2, 0.25) is 0 Å². The van der Waals surface area contributed by atoms with E-state index in [1.165, 1.54) is 48.5 Å². The van der Waals surface area contributed by atoms with Crippen LogP contribution in [0.3, 0.4) is 0 Å². The molecule has 0 aromatic heterocycles. The maximum absolute atomic E-state index is 12.9. The van der Waals surface area contributed by atoms with Crippen LogP contribution in [0.4, 0.5) is 8.78 Å². The Bertz CT molecular complexity index is 648. The summed E-state index contributed by atoms with van der Waals surface area (Å²) in [5.74, 6) is 0.0351. The number of rotatable bonds is 6. The fraction of sp³-hybridized carbons (Fsp3) is 0.368. The van der Waals surface area contributed by atoms with Crippen LogP contribution in [0, 0.1) is 11.6 Å². The molecule has 1 aliphatic rings. The molecule has 6 nitrogen and oxygen atoms in total. The van der Waals surface area contributed by atoms with Crippen molar-refractivity contribution in [1.29, 1.82) is 0 Å². The summed E-state index contributed by atoms with van der Waals surface area (Å²) in [7, 11) is 0. The van der Waals surface area contributed by atoms with Crippen molar-refractivity contribution in [2.45, 2.75) is 24.4 Å². The van der Waals surface area contributed by atoms with Crippen LogP contribution in [-0.2, 0) is 9.47 Å². The Morgan fingerprint density at radius 3 is 1.48 bits per heavy atom. The van der Waals surface area contributed by atoms with Crippen LogP contribution in [0.5, 0.6) is 11.5 Å². The van der Waals surface area contributed by atoms with Crippen LogP contribution >= 0.6 is 0 Å². The third kappa shape index (κ3) is 5.36. The van der Waals surface area contributed by atoms with Gasteiger partial charge in [-0.3, -0.25) is 0 Å². The van der Waals surface area contributed by atoms with Gasteiger partial charge in [0, 0.05) is 0 Å². The molecular weight excluding hydrogens is 362 g/mol. The molecule has 0 saturated carbocycles. The van der Waals surface area contributed by atoms with Gasteiger partial charge in [-0.1, -0.05) is 0 Å². The fourth-order valence-electron chi connectivity index (χ4n) is 2.56. The molecule has 1 saturated heterocycles. The summed E-state index contributed by atoms with van der Waals surface area (Å²) in [6.07, 6.45) is -4.26. The van der Waals surface area contributed by atoms with Gasteiger partial charge in [-0.05, 0) is 48.5 Å². The van der Waals surface area contributed by atoms with Gasteiger partial charge in [0.1, 0.15) is 67.6 Å². The second-order valence-electron chi connectivity index (χ2n) is 6.04. The van der Waals surface area contributed by atoms with Crippen LogP contribution in [0.15, 0.2) is 48.5 Å². The third-order valence-corrected chi connectivity index (χ3v) is 4.13. The first-order chi connectivity index (χ1) is 13.0. The molecule has 0 unspecified atom stereocenters. The summed E-state index contributed by atoms with van der Waals surface area (Å²) in [6, 6.07) is 10.8. The van der Waals surface area contributed by atoms with Crippen molar-refractivity contribution in [3.63, 3.8) is 0 Å². The third-order valence-electron chi connectivity index (χ3n) is 4.13. The van der Waals surface area contributed by atoms with E-state index in [-0.39, 0.29) is 31.6 Å². The average molecular weight is 382 g/mol. The van der Waals surface area contributed by atoms with Gasteiger partial charge in [0.05, 0.1) is 0 Å². The standard InChI is InChI=1S/C19H20F2O6/c20-12-1-5-14(6-2-12)24-9-16-18(22)19(23)17(27-11-26-16)10-25-15-7-3-13(21)4-8-15/h1-8,16-19,22-23H,9-11H2/t16-,17-,18-,19-/m1/s1. The highest BCUT2D eigenvalue weighted by atomic mass is 19.1. The summed E-state index contributed by atoms with van der Waals surface area (Å²) in [5, 5.41) is 20.7. The summed E-state index contributed by atoms with van der Waals surface area (Å²) in [4.78, 5) is 0. The minimum Gasteiger partial charge on any atom is -0.491 e. The molecule has 2 aromatic rings. The lowest BCUT2D eigenvalue weighted by Crippen LogP contribution is -2.47. The fourth-order valence-corrected chi connectivity index (χ4v) is 2.56. The summed E-state index contributed by atoms with van der Waals surface area (Å²) in [6.45, 7) is -0.291. The Balaban J connectivity index is 1.53. The molecule has 1 heterocycles. The molecule has 0 bridgehead atoms. The van der Waals surface area contributed by atoms with Crippen molar-refractivity contribution in [1.82, 2.24) is 0 Å². The molecule has 0 spiro atoms. The molecular formula is C19H20F2O6. The highest BCUT2D eigenvalue weighted by Gasteiger charge is 2.37. The molecule has 0 amide bonds. The van der Waals surface area contributed by atoms with Crippen molar-refractivity contribution >= 4 is 0 Å². The number of halogens is 2. The Kier molecular flexibility index (Phi) is 6.57. The predicted molar refractivity (Wildman–Crippen MR) is 90.4 cm³/mol. The van der Waals surface area contributed by atoms with Gasteiger partial charge >= 0.3 is 0 Å². The lowest BCUT2D eigenvalue weighted by atomic mass is 10.0. The van der Waals surface area contributed by atoms with E-state index in [1.54, 1.807) is 0 Å². The topological polar surface area (TPSA) is 77.4 Å². The molecule has 4 atom stereocenters. The maximum Gasteiger partial charge on any atom is 0.148 e. The first-order valence-electron chi connectivity index (χ1n) is 8.39. The molecule has 2 N–H and O–H groups in total. The maximum atomic E-state index is 12.9. The Morgan fingerprint density at radius 2 is 1.11 bits per heavy atom. The first kappa shape index (κ1) is 19.5. The molecule has 2 aromatic carbocycles. The van der Waals surface area contributed by atoms with Crippen LogP contribution < -0.4 is 9.47 Å². The van der Waals surface area contributed by atoms with Gasteiger partial charge in [-0.15, -0.1) is 0 Å². The van der Waals surface area contributed by atoms with Crippen molar-refractivity contribution in [2.75, 3.05) is 20.0 Å². The molecule has 146 valence electrons. The highest BCUT2D eigenvalue weighted by Crippen LogP contribution is 2.20. The molecule has 0 aliphatic carbocycles. The molecule has 1 aliphatic heterocycles. The summed E-state index contributed by atoms with van der Waals surface area (Å²) >= 11 is 0. The zero-order valence-electron chi connectivity index (χ0n) is 14.3. The average Bonchev–Trinajstić information content (AvgIpc) is 2.80. The van der Waals surface area contributed by atoms with Gasteiger partial charge < -0.3 is 29.2 Å². The van der Waals surface area contributed by atoms with E-state index in [9.17, 15) is 19.0 Å². The second-order valence-corrected chi connectivity index (χ2v) is 6.04. The van der Waals surface area contributed by atoms with Crippen molar-refractivity contribution in [3.8, 4) is 11.5 Å². The van der Waals surface area contributed by atoms with E-state index in [4.69, 9.17) is 18.9 Å². The van der Waals surface area contributed by atoms with Crippen LogP contribution in [0.2, 0.25) is 0 Å². The number of benzene rings is 2. The second kappa shape index (κ2) is 9.09. The van der Waals surface area contributed by atoms with E-state index in [2.05, 4.69) is 0 Å². The van der Waals surface area contributed by atoms with E-state index in [0.717, 1.165) is 0 Å². The monoisotopic (exact) mass is 382 g/mol. The normalized spacial score (nSPS) is 25.6. The quantitative estimate of drug-likeness (QED) is 0.795.